The second-order valence-corrected chi connectivity index (χ2v) is 4.19. The summed E-state index contributed by atoms with van der Waals surface area (Å²) in [5.74, 6) is -0.897. The van der Waals surface area contributed by atoms with Crippen molar-refractivity contribution in [1.29, 1.82) is 0 Å². The van der Waals surface area contributed by atoms with Gasteiger partial charge in [-0.1, -0.05) is 25.1 Å². The number of benzene rings is 1. The number of hydrogen-bond acceptors (Lipinski definition) is 2. The number of carboxylic acid groups (broad SMARTS) is 1. The molecule has 0 unspecified atom stereocenters. The molecule has 1 N–H and O–H groups in total. The largest absolute Gasteiger partial charge is 0.478 e. The van der Waals surface area contributed by atoms with Crippen LogP contribution in [0.3, 0.4) is 0 Å². The van der Waals surface area contributed by atoms with Gasteiger partial charge < -0.3 is 5.11 Å². The molecule has 0 bridgehead atoms. The van der Waals surface area contributed by atoms with Gasteiger partial charge in [0.15, 0.2) is 0 Å². The van der Waals surface area contributed by atoms with E-state index in [2.05, 4.69) is 18.0 Å². The molecule has 0 atom stereocenters. The van der Waals surface area contributed by atoms with Crippen LogP contribution < -0.4 is 0 Å². The van der Waals surface area contributed by atoms with E-state index in [0.29, 0.717) is 12.0 Å². The van der Waals surface area contributed by atoms with E-state index >= 15 is 0 Å². The average Bonchev–Trinajstić information content (AvgIpc) is 2.40. The number of hydrogen-bond donors (Lipinski definition) is 1. The van der Waals surface area contributed by atoms with Gasteiger partial charge in [-0.25, -0.2) is 4.79 Å². The van der Waals surface area contributed by atoms with Gasteiger partial charge in [0.05, 0.1) is 5.56 Å². The zero-order chi connectivity index (χ0) is 13.0. The van der Waals surface area contributed by atoms with E-state index in [1.807, 2.05) is 18.3 Å². The fourth-order valence-electron chi connectivity index (χ4n) is 1.79. The molecule has 0 radical (unpaired) electrons. The van der Waals surface area contributed by atoms with Gasteiger partial charge in [0.25, 0.3) is 0 Å². The molecule has 3 heteroatoms. The van der Waals surface area contributed by atoms with Crippen LogP contribution in [0.4, 0.5) is 0 Å². The highest BCUT2D eigenvalue weighted by Gasteiger charge is 2.04. The molecule has 0 fully saturated rings. The van der Waals surface area contributed by atoms with Crippen LogP contribution >= 0.6 is 0 Å². The summed E-state index contributed by atoms with van der Waals surface area (Å²) < 4.78 is 0. The maximum Gasteiger partial charge on any atom is 0.335 e. The van der Waals surface area contributed by atoms with Gasteiger partial charge in [-0.3, -0.25) is 4.98 Å². The maximum absolute atomic E-state index is 10.9. The van der Waals surface area contributed by atoms with E-state index in [1.165, 1.54) is 5.56 Å². The summed E-state index contributed by atoms with van der Waals surface area (Å²) in [4.78, 5) is 15.2. The van der Waals surface area contributed by atoms with Crippen LogP contribution in [0.1, 0.15) is 34.1 Å². The maximum atomic E-state index is 10.9. The van der Waals surface area contributed by atoms with E-state index in [4.69, 9.17) is 5.11 Å². The van der Waals surface area contributed by atoms with Gasteiger partial charge in [-0.15, -0.1) is 0 Å². The Kier molecular flexibility index (Phi) is 3.72. The summed E-state index contributed by atoms with van der Waals surface area (Å²) >= 11 is 0. The Morgan fingerprint density at radius 2 is 2.06 bits per heavy atom. The molecule has 0 saturated heterocycles. The van der Waals surface area contributed by atoms with Gasteiger partial charge >= 0.3 is 5.97 Å². The number of rotatable bonds is 4. The Morgan fingerprint density at radius 3 is 2.67 bits per heavy atom. The second kappa shape index (κ2) is 5.45. The van der Waals surface area contributed by atoms with Crippen molar-refractivity contribution < 1.29 is 9.90 Å². The minimum Gasteiger partial charge on any atom is -0.478 e. The van der Waals surface area contributed by atoms with Crippen LogP contribution in [-0.2, 0) is 12.8 Å². The molecule has 3 nitrogen and oxygen atoms in total. The molecular formula is C15H15NO2. The van der Waals surface area contributed by atoms with E-state index in [1.54, 1.807) is 18.2 Å². The number of aryl methyl sites for hydroxylation is 1. The lowest BCUT2D eigenvalue weighted by atomic mass is 10.1. The number of carbonyl (C=O) groups is 1. The standard InChI is InChI=1S/C15H15NO2/c1-2-11-6-7-14(16-10-11)9-12-4-3-5-13(8-12)15(17)18/h3-8,10H,2,9H2,1H3,(H,17,18). The molecule has 0 aliphatic heterocycles. The lowest BCUT2D eigenvalue weighted by Crippen LogP contribution is -1.98. The van der Waals surface area contributed by atoms with Gasteiger partial charge in [-0.05, 0) is 35.7 Å². The third kappa shape index (κ3) is 2.94. The quantitative estimate of drug-likeness (QED) is 0.895. The Labute approximate surface area is 106 Å². The smallest absolute Gasteiger partial charge is 0.335 e. The van der Waals surface area contributed by atoms with Crippen molar-refractivity contribution in [2.75, 3.05) is 0 Å². The third-order valence-electron chi connectivity index (χ3n) is 2.85. The van der Waals surface area contributed by atoms with E-state index in [9.17, 15) is 4.79 Å². The van der Waals surface area contributed by atoms with Crippen molar-refractivity contribution in [1.82, 2.24) is 4.98 Å². The van der Waals surface area contributed by atoms with Gasteiger partial charge in [0, 0.05) is 18.3 Å². The topological polar surface area (TPSA) is 50.2 Å². The van der Waals surface area contributed by atoms with Gasteiger partial charge in [0.1, 0.15) is 0 Å². The van der Waals surface area contributed by atoms with E-state index in [0.717, 1.165) is 17.7 Å². The summed E-state index contributed by atoms with van der Waals surface area (Å²) in [6, 6.07) is 11.0. The molecule has 0 saturated carbocycles. The fourth-order valence-corrected chi connectivity index (χ4v) is 1.79. The second-order valence-electron chi connectivity index (χ2n) is 4.19. The molecule has 0 spiro atoms. The molecule has 1 heterocycles. The molecule has 2 aromatic rings. The summed E-state index contributed by atoms with van der Waals surface area (Å²) in [6.45, 7) is 2.09. The van der Waals surface area contributed by atoms with Crippen molar-refractivity contribution >= 4 is 5.97 Å². The predicted octanol–water partition coefficient (Wildman–Crippen LogP) is 2.93. The van der Waals surface area contributed by atoms with Crippen LogP contribution in [0, 0.1) is 0 Å². The predicted molar refractivity (Wildman–Crippen MR) is 69.8 cm³/mol. The molecule has 1 aromatic heterocycles. The summed E-state index contributed by atoms with van der Waals surface area (Å²) in [7, 11) is 0. The van der Waals surface area contributed by atoms with Crippen LogP contribution in [0.5, 0.6) is 0 Å². The fraction of sp³-hybridized carbons (Fsp3) is 0.200. The average molecular weight is 241 g/mol. The van der Waals surface area contributed by atoms with Crippen LogP contribution in [0.25, 0.3) is 0 Å². The van der Waals surface area contributed by atoms with Crippen molar-refractivity contribution in [2.45, 2.75) is 19.8 Å². The monoisotopic (exact) mass is 241 g/mol. The number of nitrogens with zero attached hydrogens (tertiary/aromatic N) is 1. The first-order valence-corrected chi connectivity index (χ1v) is 5.95. The Balaban J connectivity index is 2.17. The van der Waals surface area contributed by atoms with Gasteiger partial charge in [-0.2, -0.15) is 0 Å². The lowest BCUT2D eigenvalue weighted by molar-refractivity contribution is 0.0697. The van der Waals surface area contributed by atoms with Crippen molar-refractivity contribution in [3.63, 3.8) is 0 Å². The zero-order valence-corrected chi connectivity index (χ0v) is 10.3. The zero-order valence-electron chi connectivity index (χ0n) is 10.3. The lowest BCUT2D eigenvalue weighted by Gasteiger charge is -2.03. The van der Waals surface area contributed by atoms with Gasteiger partial charge in [0.2, 0.25) is 0 Å². The van der Waals surface area contributed by atoms with E-state index < -0.39 is 5.97 Å². The molecule has 0 aliphatic rings. The highest BCUT2D eigenvalue weighted by Crippen LogP contribution is 2.11. The molecular weight excluding hydrogens is 226 g/mol. The summed E-state index contributed by atoms with van der Waals surface area (Å²) in [5, 5.41) is 8.93. The van der Waals surface area contributed by atoms with E-state index in [-0.39, 0.29) is 0 Å². The summed E-state index contributed by atoms with van der Waals surface area (Å²) in [5.41, 5.74) is 3.44. The Bertz CT molecular complexity index is 547. The summed E-state index contributed by atoms with van der Waals surface area (Å²) in [6.07, 6.45) is 3.50. The van der Waals surface area contributed by atoms with Crippen molar-refractivity contribution in [2.24, 2.45) is 0 Å². The molecule has 2 rings (SSSR count). The number of aromatic carboxylic acids is 1. The Hall–Kier alpha value is -2.16. The van der Waals surface area contributed by atoms with Crippen molar-refractivity contribution in [3.8, 4) is 0 Å². The first kappa shape index (κ1) is 12.3. The number of aromatic nitrogens is 1. The normalized spacial score (nSPS) is 10.3. The number of carboxylic acids is 1. The molecule has 92 valence electrons. The third-order valence-corrected chi connectivity index (χ3v) is 2.85. The van der Waals surface area contributed by atoms with Crippen molar-refractivity contribution in [3.05, 3.63) is 65.0 Å². The Morgan fingerprint density at radius 1 is 1.22 bits per heavy atom. The van der Waals surface area contributed by atoms with Crippen LogP contribution in [-0.4, -0.2) is 16.1 Å². The first-order chi connectivity index (χ1) is 8.69. The molecule has 0 aliphatic carbocycles. The van der Waals surface area contributed by atoms with Crippen LogP contribution in [0.15, 0.2) is 42.6 Å². The molecule has 1 aromatic carbocycles. The number of pyridine rings is 1. The highest BCUT2D eigenvalue weighted by molar-refractivity contribution is 5.87. The van der Waals surface area contributed by atoms with Crippen LogP contribution in [0.2, 0.25) is 0 Å². The molecule has 0 amide bonds. The minimum atomic E-state index is -0.897. The minimum absolute atomic E-state index is 0.317. The molecule has 18 heavy (non-hydrogen) atoms. The first-order valence-electron chi connectivity index (χ1n) is 5.95. The highest BCUT2D eigenvalue weighted by atomic mass is 16.4. The SMILES string of the molecule is CCc1ccc(Cc2cccc(C(=O)O)c2)nc1.